The molecule has 0 radical (unpaired) electrons. The number of amides is 1. The maximum atomic E-state index is 14.2. The maximum Gasteiger partial charge on any atom is 0.265 e. The molecule has 1 aromatic rings. The molecule has 4 nitrogen and oxygen atoms in total. The lowest BCUT2D eigenvalue weighted by molar-refractivity contribution is 0.0774. The van der Waals surface area contributed by atoms with Crippen LogP contribution in [0.3, 0.4) is 0 Å². The Morgan fingerprint density at radius 1 is 1.45 bits per heavy atom. The van der Waals surface area contributed by atoms with E-state index in [0.717, 1.165) is 12.8 Å². The summed E-state index contributed by atoms with van der Waals surface area (Å²) in [5.41, 5.74) is -0.915. The molecule has 1 saturated carbocycles. The average molecular weight is 389 g/mol. The lowest BCUT2D eigenvalue weighted by atomic mass is 10.1. The molecule has 0 spiro atoms. The number of benzene rings is 1. The van der Waals surface area contributed by atoms with Gasteiger partial charge in [0, 0.05) is 28.2 Å². The van der Waals surface area contributed by atoms with Crippen molar-refractivity contribution in [3.8, 4) is 0 Å². The SMILES string of the molecule is CN(C(=O)c1c(F)cc(Br)c(S(=O)(=O)Cl)c1F)C1CC1. The van der Waals surface area contributed by atoms with Crippen molar-refractivity contribution in [1.82, 2.24) is 4.90 Å². The van der Waals surface area contributed by atoms with E-state index in [4.69, 9.17) is 10.7 Å². The van der Waals surface area contributed by atoms with Gasteiger partial charge < -0.3 is 4.90 Å². The second-order valence-electron chi connectivity index (χ2n) is 4.44. The van der Waals surface area contributed by atoms with Gasteiger partial charge in [0.25, 0.3) is 15.0 Å². The predicted octanol–water partition coefficient (Wildman–Crippen LogP) is 2.89. The number of rotatable bonds is 3. The Morgan fingerprint density at radius 3 is 2.45 bits per heavy atom. The average Bonchev–Trinajstić information content (AvgIpc) is 3.08. The normalized spacial score (nSPS) is 15.2. The van der Waals surface area contributed by atoms with Crippen molar-refractivity contribution in [1.29, 1.82) is 0 Å². The molecule has 0 heterocycles. The minimum atomic E-state index is -4.45. The van der Waals surface area contributed by atoms with E-state index >= 15 is 0 Å². The molecule has 0 N–H and O–H groups in total. The highest BCUT2D eigenvalue weighted by molar-refractivity contribution is 9.10. The number of hydrogen-bond acceptors (Lipinski definition) is 3. The topological polar surface area (TPSA) is 54.5 Å². The molecule has 0 aliphatic heterocycles. The summed E-state index contributed by atoms with van der Waals surface area (Å²) in [7, 11) is 2.07. The van der Waals surface area contributed by atoms with E-state index in [2.05, 4.69) is 15.9 Å². The Morgan fingerprint density at radius 2 is 2.00 bits per heavy atom. The summed E-state index contributed by atoms with van der Waals surface area (Å²) < 4.78 is 50.3. The van der Waals surface area contributed by atoms with Crippen LogP contribution < -0.4 is 0 Å². The summed E-state index contributed by atoms with van der Waals surface area (Å²) in [4.78, 5) is 12.3. The Bertz CT molecular complexity index is 691. The van der Waals surface area contributed by atoms with Crippen LogP contribution in [-0.4, -0.2) is 32.3 Å². The minimum Gasteiger partial charge on any atom is -0.339 e. The minimum absolute atomic E-state index is 0.0685. The highest BCUT2D eigenvalue weighted by Crippen LogP contribution is 2.34. The molecule has 1 aromatic carbocycles. The molecule has 0 aromatic heterocycles. The Labute approximate surface area is 127 Å². The fraction of sp³-hybridized carbons (Fsp3) is 0.364. The smallest absolute Gasteiger partial charge is 0.265 e. The molecular weight excluding hydrogens is 380 g/mol. The van der Waals surface area contributed by atoms with Crippen molar-refractivity contribution in [3.05, 3.63) is 27.7 Å². The summed E-state index contributed by atoms with van der Waals surface area (Å²) in [6.45, 7) is 0. The van der Waals surface area contributed by atoms with E-state index in [1.54, 1.807) is 0 Å². The standard InChI is InChI=1S/C11H9BrClF2NO3S/c1-16(5-2-3-5)11(17)8-7(14)4-6(12)10(9(8)15)20(13,18)19/h4-5H,2-3H2,1H3. The Hall–Kier alpha value is -0.730. The van der Waals surface area contributed by atoms with Gasteiger partial charge in [0.05, 0.1) is 0 Å². The molecule has 0 atom stereocenters. The Kier molecular flexibility index (Phi) is 4.10. The molecule has 9 heteroatoms. The van der Waals surface area contributed by atoms with Crippen molar-refractivity contribution in [2.45, 2.75) is 23.8 Å². The van der Waals surface area contributed by atoms with Crippen LogP contribution in [-0.2, 0) is 9.05 Å². The number of carbonyl (C=O) groups is 1. The second kappa shape index (κ2) is 5.23. The van der Waals surface area contributed by atoms with Gasteiger partial charge in [-0.25, -0.2) is 17.2 Å². The van der Waals surface area contributed by atoms with Crippen molar-refractivity contribution in [2.75, 3.05) is 7.05 Å². The zero-order valence-electron chi connectivity index (χ0n) is 10.2. The van der Waals surface area contributed by atoms with Gasteiger partial charge in [-0.3, -0.25) is 4.79 Å². The van der Waals surface area contributed by atoms with E-state index in [-0.39, 0.29) is 10.5 Å². The fourth-order valence-electron chi connectivity index (χ4n) is 1.80. The lowest BCUT2D eigenvalue weighted by Gasteiger charge is -2.18. The highest BCUT2D eigenvalue weighted by Gasteiger charge is 2.35. The third-order valence-corrected chi connectivity index (χ3v) is 5.24. The van der Waals surface area contributed by atoms with Crippen molar-refractivity contribution >= 4 is 41.6 Å². The third kappa shape index (κ3) is 2.82. The first kappa shape index (κ1) is 15.7. The van der Waals surface area contributed by atoms with Crippen molar-refractivity contribution in [3.63, 3.8) is 0 Å². The van der Waals surface area contributed by atoms with Crippen LogP contribution in [0.4, 0.5) is 8.78 Å². The van der Waals surface area contributed by atoms with Crippen LogP contribution in [0.1, 0.15) is 23.2 Å². The van der Waals surface area contributed by atoms with E-state index in [0.29, 0.717) is 6.07 Å². The zero-order valence-corrected chi connectivity index (χ0v) is 13.3. The van der Waals surface area contributed by atoms with Gasteiger partial charge in [-0.15, -0.1) is 0 Å². The van der Waals surface area contributed by atoms with Crippen molar-refractivity contribution in [2.24, 2.45) is 0 Å². The fourth-order valence-corrected chi connectivity index (χ4v) is 4.15. The van der Waals surface area contributed by atoms with Gasteiger partial charge in [0.1, 0.15) is 16.3 Å². The van der Waals surface area contributed by atoms with Gasteiger partial charge in [-0.1, -0.05) is 0 Å². The van der Waals surface area contributed by atoms with E-state index < -0.39 is 37.1 Å². The van der Waals surface area contributed by atoms with E-state index in [1.807, 2.05) is 0 Å². The monoisotopic (exact) mass is 387 g/mol. The van der Waals surface area contributed by atoms with Crippen LogP contribution in [0.2, 0.25) is 0 Å². The first-order valence-electron chi connectivity index (χ1n) is 5.54. The quantitative estimate of drug-likeness (QED) is 0.748. The van der Waals surface area contributed by atoms with Gasteiger partial charge in [0.2, 0.25) is 0 Å². The molecule has 1 aliphatic carbocycles. The second-order valence-corrected chi connectivity index (χ2v) is 7.80. The largest absolute Gasteiger partial charge is 0.339 e. The summed E-state index contributed by atoms with van der Waals surface area (Å²) >= 11 is 2.73. The molecule has 1 amide bonds. The third-order valence-electron chi connectivity index (χ3n) is 3.00. The lowest BCUT2D eigenvalue weighted by Crippen LogP contribution is -2.30. The van der Waals surface area contributed by atoms with Gasteiger partial charge >= 0.3 is 0 Å². The van der Waals surface area contributed by atoms with Crippen LogP contribution in [0.25, 0.3) is 0 Å². The molecule has 20 heavy (non-hydrogen) atoms. The van der Waals surface area contributed by atoms with Crippen LogP contribution in [0.15, 0.2) is 15.4 Å². The molecule has 0 unspecified atom stereocenters. The highest BCUT2D eigenvalue weighted by atomic mass is 79.9. The number of hydrogen-bond donors (Lipinski definition) is 0. The van der Waals surface area contributed by atoms with Crippen LogP contribution in [0, 0.1) is 11.6 Å². The molecule has 1 fully saturated rings. The van der Waals surface area contributed by atoms with Gasteiger partial charge in [0.15, 0.2) is 5.82 Å². The summed E-state index contributed by atoms with van der Waals surface area (Å²) in [6, 6.07) is 0.646. The first-order valence-corrected chi connectivity index (χ1v) is 8.64. The number of carbonyl (C=O) groups excluding carboxylic acids is 1. The summed E-state index contributed by atoms with van der Waals surface area (Å²) in [6.07, 6.45) is 1.51. The molecule has 1 aliphatic rings. The summed E-state index contributed by atoms with van der Waals surface area (Å²) in [5.74, 6) is -3.53. The van der Waals surface area contributed by atoms with E-state index in [1.165, 1.54) is 11.9 Å². The molecular formula is C11H9BrClF2NO3S. The first-order chi connectivity index (χ1) is 9.14. The van der Waals surface area contributed by atoms with Gasteiger partial charge in [-0.2, -0.15) is 0 Å². The molecule has 110 valence electrons. The maximum absolute atomic E-state index is 14.2. The Balaban J connectivity index is 2.61. The van der Waals surface area contributed by atoms with Gasteiger partial charge in [-0.05, 0) is 34.8 Å². The zero-order chi connectivity index (χ0) is 15.2. The van der Waals surface area contributed by atoms with Crippen LogP contribution >= 0.6 is 26.6 Å². The number of nitrogens with zero attached hydrogens (tertiary/aromatic N) is 1. The van der Waals surface area contributed by atoms with Crippen LogP contribution in [0.5, 0.6) is 0 Å². The molecule has 0 saturated heterocycles. The van der Waals surface area contributed by atoms with E-state index in [9.17, 15) is 22.0 Å². The summed E-state index contributed by atoms with van der Waals surface area (Å²) in [5, 5.41) is 0. The molecule has 2 rings (SSSR count). The predicted molar refractivity (Wildman–Crippen MR) is 72.2 cm³/mol. The molecule has 0 bridgehead atoms. The van der Waals surface area contributed by atoms with Crippen molar-refractivity contribution < 1.29 is 22.0 Å². The number of halogens is 4.